The number of ether oxygens (including phenoxy) is 1. The quantitative estimate of drug-likeness (QED) is 0.776. The Hall–Kier alpha value is -2.14. The van der Waals surface area contributed by atoms with Gasteiger partial charge in [0, 0.05) is 5.56 Å². The number of Topliss-reactive ketones (excluding diaryl/α,β-unsaturated/α-hetero) is 1. The number of hydrogen-bond acceptors (Lipinski definition) is 2. The average molecular weight is 294 g/mol. The van der Waals surface area contributed by atoms with Gasteiger partial charge in [-0.1, -0.05) is 54.6 Å². The summed E-state index contributed by atoms with van der Waals surface area (Å²) in [5.74, 6) is -0.473. The highest BCUT2D eigenvalue weighted by Gasteiger charge is 2.27. The standard InChI is InChI=1S/C16H13F3O2/c17-16(18,19)11-21-10-15(20)14-8-6-13(7-9-14)12-4-2-1-3-5-12/h1-9H,10-11H2. The molecule has 0 saturated carbocycles. The number of benzene rings is 2. The maximum Gasteiger partial charge on any atom is 0.411 e. The lowest BCUT2D eigenvalue weighted by Crippen LogP contribution is -2.20. The Morgan fingerprint density at radius 1 is 0.905 bits per heavy atom. The zero-order chi connectivity index (χ0) is 15.3. The summed E-state index contributed by atoms with van der Waals surface area (Å²) >= 11 is 0. The van der Waals surface area contributed by atoms with E-state index in [2.05, 4.69) is 4.74 Å². The number of rotatable bonds is 5. The van der Waals surface area contributed by atoms with Gasteiger partial charge in [0.2, 0.25) is 0 Å². The summed E-state index contributed by atoms with van der Waals surface area (Å²) in [4.78, 5) is 11.7. The van der Waals surface area contributed by atoms with Gasteiger partial charge in [-0.25, -0.2) is 0 Å². The van der Waals surface area contributed by atoms with Crippen LogP contribution < -0.4 is 0 Å². The zero-order valence-corrected chi connectivity index (χ0v) is 11.1. The lowest BCUT2D eigenvalue weighted by Gasteiger charge is -2.07. The first kappa shape index (κ1) is 15.3. The number of halogens is 3. The first-order chi connectivity index (χ1) is 9.96. The highest BCUT2D eigenvalue weighted by molar-refractivity contribution is 5.97. The molecule has 0 bridgehead atoms. The minimum absolute atomic E-state index is 0.330. The number of carbonyl (C=O) groups is 1. The molecule has 2 nitrogen and oxygen atoms in total. The summed E-state index contributed by atoms with van der Waals surface area (Å²) in [6.45, 7) is -2.00. The molecular formula is C16H13F3O2. The smallest absolute Gasteiger partial charge is 0.364 e. The van der Waals surface area contributed by atoms with Gasteiger partial charge in [-0.2, -0.15) is 13.2 Å². The zero-order valence-electron chi connectivity index (χ0n) is 11.1. The maximum atomic E-state index is 11.9. The second-order valence-electron chi connectivity index (χ2n) is 4.47. The molecule has 21 heavy (non-hydrogen) atoms. The van der Waals surface area contributed by atoms with Crippen LogP contribution in [0, 0.1) is 0 Å². The first-order valence-corrected chi connectivity index (χ1v) is 6.29. The van der Waals surface area contributed by atoms with Crippen molar-refractivity contribution in [2.24, 2.45) is 0 Å². The van der Waals surface area contributed by atoms with E-state index in [0.717, 1.165) is 11.1 Å². The number of ketones is 1. The third-order valence-corrected chi connectivity index (χ3v) is 2.81. The predicted molar refractivity (Wildman–Crippen MR) is 73.1 cm³/mol. The second-order valence-corrected chi connectivity index (χ2v) is 4.47. The molecule has 5 heteroatoms. The number of carbonyl (C=O) groups excluding carboxylic acids is 1. The summed E-state index contributed by atoms with van der Waals surface area (Å²) in [6.07, 6.45) is -4.42. The van der Waals surface area contributed by atoms with E-state index in [9.17, 15) is 18.0 Å². The van der Waals surface area contributed by atoms with Gasteiger partial charge in [0.05, 0.1) is 0 Å². The molecule has 0 saturated heterocycles. The minimum Gasteiger partial charge on any atom is -0.364 e. The Bertz CT molecular complexity index is 589. The number of alkyl halides is 3. The fourth-order valence-electron chi connectivity index (χ4n) is 1.82. The maximum absolute atomic E-state index is 11.9. The van der Waals surface area contributed by atoms with Crippen LogP contribution in [0.2, 0.25) is 0 Å². The largest absolute Gasteiger partial charge is 0.411 e. The van der Waals surface area contributed by atoms with Gasteiger partial charge in [0.25, 0.3) is 0 Å². The molecule has 0 heterocycles. The molecule has 0 aliphatic heterocycles. The molecule has 0 aromatic heterocycles. The topological polar surface area (TPSA) is 26.3 Å². The van der Waals surface area contributed by atoms with Gasteiger partial charge < -0.3 is 4.74 Å². The lowest BCUT2D eigenvalue weighted by atomic mass is 10.0. The highest BCUT2D eigenvalue weighted by atomic mass is 19.4. The summed E-state index contributed by atoms with van der Waals surface area (Å²) < 4.78 is 40.1. The molecule has 2 aromatic rings. The van der Waals surface area contributed by atoms with Gasteiger partial charge in [-0.05, 0) is 11.1 Å². The van der Waals surface area contributed by atoms with Crippen LogP contribution in [-0.2, 0) is 4.74 Å². The normalized spacial score (nSPS) is 11.4. The third kappa shape index (κ3) is 4.72. The molecule has 0 aliphatic carbocycles. The molecule has 0 amide bonds. The van der Waals surface area contributed by atoms with Crippen molar-refractivity contribution < 1.29 is 22.7 Å². The van der Waals surface area contributed by atoms with Crippen LogP contribution >= 0.6 is 0 Å². The molecule has 2 rings (SSSR count). The average Bonchev–Trinajstić information content (AvgIpc) is 2.47. The summed E-state index contributed by atoms with van der Waals surface area (Å²) in [7, 11) is 0. The SMILES string of the molecule is O=C(COCC(F)(F)F)c1ccc(-c2ccccc2)cc1. The Labute approximate surface area is 120 Å². The second kappa shape index (κ2) is 6.54. The number of hydrogen-bond donors (Lipinski definition) is 0. The molecule has 0 aliphatic rings. The molecule has 0 N–H and O–H groups in total. The van der Waals surface area contributed by atoms with Gasteiger partial charge in [0.15, 0.2) is 5.78 Å². The Morgan fingerprint density at radius 3 is 2.05 bits per heavy atom. The van der Waals surface area contributed by atoms with Crippen LogP contribution in [0.25, 0.3) is 11.1 Å². The van der Waals surface area contributed by atoms with Crippen LogP contribution in [-0.4, -0.2) is 25.2 Å². The van der Waals surface area contributed by atoms with Crippen molar-refractivity contribution in [2.75, 3.05) is 13.2 Å². The summed E-state index contributed by atoms with van der Waals surface area (Å²) in [6, 6.07) is 16.3. The molecule has 0 atom stereocenters. The molecule has 0 fully saturated rings. The Morgan fingerprint density at radius 2 is 1.48 bits per heavy atom. The van der Waals surface area contributed by atoms with Gasteiger partial charge in [0.1, 0.15) is 13.2 Å². The Balaban J connectivity index is 1.97. The molecule has 2 aromatic carbocycles. The van der Waals surface area contributed by atoms with Gasteiger partial charge in [-0.15, -0.1) is 0 Å². The molecular weight excluding hydrogens is 281 g/mol. The van der Waals surface area contributed by atoms with Crippen molar-refractivity contribution in [1.29, 1.82) is 0 Å². The fourth-order valence-corrected chi connectivity index (χ4v) is 1.82. The van der Waals surface area contributed by atoms with Crippen molar-refractivity contribution in [1.82, 2.24) is 0 Å². The minimum atomic E-state index is -4.42. The van der Waals surface area contributed by atoms with E-state index in [-0.39, 0.29) is 0 Å². The van der Waals surface area contributed by atoms with E-state index in [1.54, 1.807) is 24.3 Å². The molecule has 0 unspecified atom stereocenters. The predicted octanol–water partition coefficient (Wildman–Crippen LogP) is 4.12. The van der Waals surface area contributed by atoms with Gasteiger partial charge in [-0.3, -0.25) is 4.79 Å². The Kier molecular flexibility index (Phi) is 4.75. The van der Waals surface area contributed by atoms with Crippen LogP contribution in [0.15, 0.2) is 54.6 Å². The van der Waals surface area contributed by atoms with Crippen molar-refractivity contribution in [3.63, 3.8) is 0 Å². The monoisotopic (exact) mass is 294 g/mol. The van der Waals surface area contributed by atoms with E-state index >= 15 is 0 Å². The lowest BCUT2D eigenvalue weighted by molar-refractivity contribution is -0.170. The molecule has 110 valence electrons. The van der Waals surface area contributed by atoms with E-state index < -0.39 is 25.2 Å². The van der Waals surface area contributed by atoms with E-state index in [4.69, 9.17) is 0 Å². The summed E-state index contributed by atoms with van der Waals surface area (Å²) in [5.41, 5.74) is 2.27. The van der Waals surface area contributed by atoms with Crippen LogP contribution in [0.3, 0.4) is 0 Å². The fraction of sp³-hybridized carbons (Fsp3) is 0.188. The van der Waals surface area contributed by atoms with E-state index in [1.807, 2.05) is 30.3 Å². The van der Waals surface area contributed by atoms with Crippen molar-refractivity contribution in [2.45, 2.75) is 6.18 Å². The molecule has 0 spiro atoms. The van der Waals surface area contributed by atoms with Crippen LogP contribution in [0.4, 0.5) is 13.2 Å². The highest BCUT2D eigenvalue weighted by Crippen LogP contribution is 2.19. The van der Waals surface area contributed by atoms with Crippen molar-refractivity contribution in [3.8, 4) is 11.1 Å². The van der Waals surface area contributed by atoms with Gasteiger partial charge >= 0.3 is 6.18 Å². The van der Waals surface area contributed by atoms with E-state index in [1.165, 1.54) is 0 Å². The third-order valence-electron chi connectivity index (χ3n) is 2.81. The summed E-state index contributed by atoms with van der Waals surface area (Å²) in [5, 5.41) is 0. The van der Waals surface area contributed by atoms with Crippen LogP contribution in [0.5, 0.6) is 0 Å². The molecule has 0 radical (unpaired) electrons. The van der Waals surface area contributed by atoms with Crippen LogP contribution in [0.1, 0.15) is 10.4 Å². The van der Waals surface area contributed by atoms with E-state index in [0.29, 0.717) is 5.56 Å². The van der Waals surface area contributed by atoms with Crippen molar-refractivity contribution in [3.05, 3.63) is 60.2 Å². The van der Waals surface area contributed by atoms with Crippen molar-refractivity contribution >= 4 is 5.78 Å². The first-order valence-electron chi connectivity index (χ1n) is 6.29.